The Hall–Kier alpha value is -0.980. The first-order valence-corrected chi connectivity index (χ1v) is 3.29. The summed E-state index contributed by atoms with van der Waals surface area (Å²) in [5.74, 6) is 0. The van der Waals surface area contributed by atoms with Crippen LogP contribution in [0.4, 0.5) is 0 Å². The molecule has 1 aliphatic rings. The Balaban J connectivity index is 2.53. The van der Waals surface area contributed by atoms with Crippen molar-refractivity contribution in [3.8, 4) is 0 Å². The Labute approximate surface area is 54.4 Å². The lowest BCUT2D eigenvalue weighted by atomic mass is 10.0. The van der Waals surface area contributed by atoms with Gasteiger partial charge in [0.2, 0.25) is 0 Å². The van der Waals surface area contributed by atoms with Crippen LogP contribution >= 0.6 is 0 Å². The van der Waals surface area contributed by atoms with Gasteiger partial charge >= 0.3 is 0 Å². The second-order valence-electron chi connectivity index (χ2n) is 2.38. The maximum atomic E-state index is 3.09. The molecule has 0 fully saturated rings. The summed E-state index contributed by atoms with van der Waals surface area (Å²) in [6, 6.07) is 0. The number of aryl methyl sites for hydroxylation is 1. The highest BCUT2D eigenvalue weighted by Crippen LogP contribution is 2.17. The molecule has 1 nitrogen and oxygen atoms in total. The smallest absolute Gasteiger partial charge is 0.00808 e. The minimum Gasteiger partial charge on any atom is -0.367 e. The third-order valence-corrected chi connectivity index (χ3v) is 1.74. The second kappa shape index (κ2) is 1.76. The van der Waals surface area contributed by atoms with Crippen LogP contribution < -0.4 is 0 Å². The van der Waals surface area contributed by atoms with Gasteiger partial charge in [-0.05, 0) is 24.0 Å². The van der Waals surface area contributed by atoms with E-state index in [0.717, 1.165) is 0 Å². The number of aromatic amines is 1. The Bertz CT molecular complexity index is 232. The van der Waals surface area contributed by atoms with Crippen LogP contribution in [0.15, 0.2) is 18.5 Å². The fourth-order valence-electron chi connectivity index (χ4n) is 1.23. The third-order valence-electron chi connectivity index (χ3n) is 1.74. The van der Waals surface area contributed by atoms with Crippen molar-refractivity contribution >= 4 is 6.08 Å². The van der Waals surface area contributed by atoms with Gasteiger partial charge in [0.25, 0.3) is 0 Å². The molecule has 0 spiro atoms. The number of aromatic nitrogens is 1. The van der Waals surface area contributed by atoms with Gasteiger partial charge in [0, 0.05) is 12.4 Å². The lowest BCUT2D eigenvalue weighted by molar-refractivity contribution is 0.991. The average molecular weight is 119 g/mol. The predicted molar refractivity (Wildman–Crippen MR) is 38.1 cm³/mol. The minimum atomic E-state index is 1.20. The number of H-pyrrole nitrogens is 1. The first-order chi connectivity index (χ1) is 4.47. The Morgan fingerprint density at radius 3 is 3.22 bits per heavy atom. The number of hydrogen-bond acceptors (Lipinski definition) is 0. The van der Waals surface area contributed by atoms with Crippen LogP contribution in [0.2, 0.25) is 0 Å². The largest absolute Gasteiger partial charge is 0.367 e. The summed E-state index contributed by atoms with van der Waals surface area (Å²) >= 11 is 0. The van der Waals surface area contributed by atoms with Gasteiger partial charge in [-0.2, -0.15) is 0 Å². The maximum Gasteiger partial charge on any atom is 0.00808 e. The molecule has 1 heterocycles. The standard InChI is InChI=1S/C8H9N/c1-2-4-8-6-9-5-7(8)3-1/h1,3,5-6,9H,2,4H2. The minimum absolute atomic E-state index is 1.20. The quantitative estimate of drug-likeness (QED) is 0.537. The summed E-state index contributed by atoms with van der Waals surface area (Å²) in [4.78, 5) is 3.09. The number of allylic oxidation sites excluding steroid dienone is 1. The van der Waals surface area contributed by atoms with Gasteiger partial charge in [0.15, 0.2) is 0 Å². The van der Waals surface area contributed by atoms with Crippen LogP contribution in [-0.2, 0) is 6.42 Å². The molecule has 0 aliphatic heterocycles. The van der Waals surface area contributed by atoms with Crippen LogP contribution in [0.1, 0.15) is 17.5 Å². The maximum absolute atomic E-state index is 3.09. The van der Waals surface area contributed by atoms with Crippen LogP contribution in [0.3, 0.4) is 0 Å². The van der Waals surface area contributed by atoms with Gasteiger partial charge in [-0.25, -0.2) is 0 Å². The molecule has 1 aromatic rings. The molecule has 0 radical (unpaired) electrons. The van der Waals surface area contributed by atoms with Crippen molar-refractivity contribution in [3.05, 3.63) is 29.6 Å². The molecular weight excluding hydrogens is 110 g/mol. The van der Waals surface area contributed by atoms with E-state index in [1.54, 1.807) is 0 Å². The van der Waals surface area contributed by atoms with E-state index in [9.17, 15) is 0 Å². The molecule has 0 atom stereocenters. The van der Waals surface area contributed by atoms with Crippen LogP contribution in [0, 0.1) is 0 Å². The molecule has 2 rings (SSSR count). The van der Waals surface area contributed by atoms with Crippen molar-refractivity contribution in [2.24, 2.45) is 0 Å². The number of hydrogen-bond donors (Lipinski definition) is 1. The molecule has 0 unspecified atom stereocenters. The molecule has 0 saturated heterocycles. The molecule has 1 aliphatic carbocycles. The number of fused-ring (bicyclic) bond motifs is 1. The fourth-order valence-corrected chi connectivity index (χ4v) is 1.23. The summed E-state index contributed by atoms with van der Waals surface area (Å²) in [7, 11) is 0. The highest BCUT2D eigenvalue weighted by Gasteiger charge is 2.02. The highest BCUT2D eigenvalue weighted by atomic mass is 14.6. The van der Waals surface area contributed by atoms with E-state index in [-0.39, 0.29) is 0 Å². The summed E-state index contributed by atoms with van der Waals surface area (Å²) in [5, 5.41) is 0. The van der Waals surface area contributed by atoms with E-state index in [4.69, 9.17) is 0 Å². The summed E-state index contributed by atoms with van der Waals surface area (Å²) in [5.41, 5.74) is 2.82. The van der Waals surface area contributed by atoms with Crippen LogP contribution in [-0.4, -0.2) is 4.98 Å². The van der Waals surface area contributed by atoms with E-state index in [1.165, 1.54) is 24.0 Å². The number of nitrogens with one attached hydrogen (secondary N) is 1. The molecule has 1 N–H and O–H groups in total. The van der Waals surface area contributed by atoms with Crippen molar-refractivity contribution in [1.82, 2.24) is 4.98 Å². The molecule has 0 amide bonds. The first kappa shape index (κ1) is 4.86. The lowest BCUT2D eigenvalue weighted by Gasteiger charge is -2.01. The van der Waals surface area contributed by atoms with E-state index in [0.29, 0.717) is 0 Å². The average Bonchev–Trinajstić information content (AvgIpc) is 2.33. The van der Waals surface area contributed by atoms with Gasteiger partial charge in [0.05, 0.1) is 0 Å². The predicted octanol–water partition coefficient (Wildman–Crippen LogP) is 1.97. The second-order valence-corrected chi connectivity index (χ2v) is 2.38. The van der Waals surface area contributed by atoms with Gasteiger partial charge in [-0.1, -0.05) is 12.2 Å². The topological polar surface area (TPSA) is 15.8 Å². The first-order valence-electron chi connectivity index (χ1n) is 3.29. The molecule has 1 aromatic heterocycles. The summed E-state index contributed by atoms with van der Waals surface area (Å²) in [6.07, 6.45) is 10.9. The van der Waals surface area contributed by atoms with Gasteiger partial charge < -0.3 is 4.98 Å². The Morgan fingerprint density at radius 1 is 1.33 bits per heavy atom. The lowest BCUT2D eigenvalue weighted by Crippen LogP contribution is -1.87. The van der Waals surface area contributed by atoms with Crippen molar-refractivity contribution in [2.45, 2.75) is 12.8 Å². The van der Waals surface area contributed by atoms with Crippen LogP contribution in [0.25, 0.3) is 6.08 Å². The molecule has 9 heavy (non-hydrogen) atoms. The fraction of sp³-hybridized carbons (Fsp3) is 0.250. The van der Waals surface area contributed by atoms with Crippen molar-refractivity contribution in [1.29, 1.82) is 0 Å². The van der Waals surface area contributed by atoms with Gasteiger partial charge in [-0.15, -0.1) is 0 Å². The van der Waals surface area contributed by atoms with E-state index >= 15 is 0 Å². The van der Waals surface area contributed by atoms with Crippen molar-refractivity contribution < 1.29 is 0 Å². The van der Waals surface area contributed by atoms with Gasteiger partial charge in [0.1, 0.15) is 0 Å². The van der Waals surface area contributed by atoms with Crippen molar-refractivity contribution in [3.63, 3.8) is 0 Å². The molecule has 0 aromatic carbocycles. The zero-order valence-corrected chi connectivity index (χ0v) is 5.22. The Morgan fingerprint density at radius 2 is 2.33 bits per heavy atom. The van der Waals surface area contributed by atoms with Crippen molar-refractivity contribution in [2.75, 3.05) is 0 Å². The third kappa shape index (κ3) is 0.689. The molecule has 1 heteroatoms. The summed E-state index contributed by atoms with van der Waals surface area (Å²) < 4.78 is 0. The molecule has 0 saturated carbocycles. The SMILES string of the molecule is C1=Cc2c[nH]cc2CC1. The monoisotopic (exact) mass is 119 g/mol. The zero-order chi connectivity index (χ0) is 6.10. The Kier molecular flexibility index (Phi) is 0.950. The van der Waals surface area contributed by atoms with E-state index < -0.39 is 0 Å². The van der Waals surface area contributed by atoms with Crippen LogP contribution in [0.5, 0.6) is 0 Å². The molecular formula is C8H9N. The molecule has 46 valence electrons. The van der Waals surface area contributed by atoms with E-state index in [1.807, 2.05) is 6.20 Å². The van der Waals surface area contributed by atoms with E-state index in [2.05, 4.69) is 23.3 Å². The van der Waals surface area contributed by atoms with Gasteiger partial charge in [-0.3, -0.25) is 0 Å². The summed E-state index contributed by atoms with van der Waals surface area (Å²) in [6.45, 7) is 0. The number of rotatable bonds is 0. The normalized spacial score (nSPS) is 15.6. The highest BCUT2D eigenvalue weighted by molar-refractivity contribution is 5.54. The molecule has 0 bridgehead atoms. The zero-order valence-electron chi connectivity index (χ0n) is 5.22.